The number of anilines is 1. The van der Waals surface area contributed by atoms with Gasteiger partial charge >= 0.3 is 0 Å². The summed E-state index contributed by atoms with van der Waals surface area (Å²) in [6, 6.07) is 5.82. The lowest BCUT2D eigenvalue weighted by Crippen LogP contribution is -2.36. The van der Waals surface area contributed by atoms with Gasteiger partial charge in [-0.15, -0.1) is 0 Å². The number of carbonyl (C=O) groups excluding carboxylic acids is 1. The van der Waals surface area contributed by atoms with Crippen LogP contribution in [0.2, 0.25) is 0 Å². The number of Topliss-reactive ketones (excluding diaryl/α,β-unsaturated/α-hetero) is 1. The van der Waals surface area contributed by atoms with Crippen molar-refractivity contribution in [1.82, 2.24) is 20.2 Å². The second kappa shape index (κ2) is 4.71. The van der Waals surface area contributed by atoms with Gasteiger partial charge in [0.1, 0.15) is 11.9 Å². The number of hydrogen-bond donors (Lipinski definition) is 1. The van der Waals surface area contributed by atoms with Gasteiger partial charge in [0.2, 0.25) is 5.95 Å². The fraction of sp³-hybridized carbons (Fsp3) is 0.375. The molecule has 118 valence electrons. The molecule has 0 fully saturated rings. The molecule has 1 aliphatic heterocycles. The number of tetrazole rings is 1. The second-order valence-corrected chi connectivity index (χ2v) is 6.83. The van der Waals surface area contributed by atoms with E-state index < -0.39 is 6.04 Å². The fourth-order valence-electron chi connectivity index (χ4n) is 3.45. The Morgan fingerprint density at radius 3 is 2.87 bits per heavy atom. The molecule has 23 heavy (non-hydrogen) atoms. The van der Waals surface area contributed by atoms with Crippen LogP contribution in [0, 0.1) is 11.2 Å². The zero-order valence-electron chi connectivity index (χ0n) is 12.9. The molecule has 6 nitrogen and oxygen atoms in total. The maximum atomic E-state index is 14.4. The van der Waals surface area contributed by atoms with Crippen LogP contribution in [0.5, 0.6) is 0 Å². The third-order valence-corrected chi connectivity index (χ3v) is 4.39. The van der Waals surface area contributed by atoms with Crippen LogP contribution in [-0.2, 0) is 4.79 Å². The Bertz CT molecular complexity index is 839. The first-order valence-corrected chi connectivity index (χ1v) is 7.52. The maximum Gasteiger partial charge on any atom is 0.248 e. The lowest BCUT2D eigenvalue weighted by molar-refractivity contribution is -0.118. The van der Waals surface area contributed by atoms with Crippen LogP contribution in [0.25, 0.3) is 0 Å². The van der Waals surface area contributed by atoms with Gasteiger partial charge in [0.05, 0.1) is 0 Å². The molecule has 0 saturated heterocycles. The van der Waals surface area contributed by atoms with Crippen LogP contribution < -0.4 is 5.32 Å². The minimum atomic E-state index is -0.624. The van der Waals surface area contributed by atoms with E-state index in [-0.39, 0.29) is 17.0 Å². The molecule has 1 atom stereocenters. The topological polar surface area (TPSA) is 72.7 Å². The third-order valence-electron chi connectivity index (χ3n) is 4.39. The summed E-state index contributed by atoms with van der Waals surface area (Å²) in [4.78, 5) is 12.8. The van der Waals surface area contributed by atoms with Crippen LogP contribution in [0.15, 0.2) is 35.5 Å². The number of benzene rings is 1. The van der Waals surface area contributed by atoms with Crippen molar-refractivity contribution in [3.8, 4) is 0 Å². The van der Waals surface area contributed by atoms with Gasteiger partial charge in [0, 0.05) is 23.3 Å². The molecule has 4 rings (SSSR count). The third kappa shape index (κ3) is 2.15. The smallest absolute Gasteiger partial charge is 0.248 e. The van der Waals surface area contributed by atoms with E-state index in [1.165, 1.54) is 10.7 Å². The summed E-state index contributed by atoms with van der Waals surface area (Å²) in [5.41, 5.74) is 1.62. The zero-order chi connectivity index (χ0) is 16.2. The summed E-state index contributed by atoms with van der Waals surface area (Å²) in [7, 11) is 0. The Morgan fingerprint density at radius 1 is 1.30 bits per heavy atom. The largest absolute Gasteiger partial charge is 0.326 e. The van der Waals surface area contributed by atoms with Crippen molar-refractivity contribution >= 4 is 11.7 Å². The van der Waals surface area contributed by atoms with Gasteiger partial charge in [0.25, 0.3) is 0 Å². The van der Waals surface area contributed by atoms with Gasteiger partial charge in [-0.1, -0.05) is 37.1 Å². The normalized spacial score (nSPS) is 22.4. The number of halogens is 1. The van der Waals surface area contributed by atoms with Gasteiger partial charge in [0.15, 0.2) is 5.78 Å². The quantitative estimate of drug-likeness (QED) is 0.875. The molecule has 1 aliphatic carbocycles. The number of aromatic nitrogens is 4. The molecule has 2 aromatic rings. The summed E-state index contributed by atoms with van der Waals surface area (Å²) < 4.78 is 15.9. The molecule has 0 spiro atoms. The number of nitrogens with zero attached hydrogens (tertiary/aromatic N) is 4. The van der Waals surface area contributed by atoms with E-state index in [1.54, 1.807) is 18.2 Å². The highest BCUT2D eigenvalue weighted by Gasteiger charge is 2.42. The molecule has 2 heterocycles. The second-order valence-electron chi connectivity index (χ2n) is 6.83. The van der Waals surface area contributed by atoms with Gasteiger partial charge in [-0.05, 0) is 28.3 Å². The molecule has 0 saturated carbocycles. The summed E-state index contributed by atoms with van der Waals surface area (Å²) in [5.74, 6) is 0.0750. The minimum absolute atomic E-state index is 0.0122. The number of nitrogens with one attached hydrogen (secondary N) is 1. The molecular formula is C16H16FN5O. The van der Waals surface area contributed by atoms with Gasteiger partial charge in [-0.25, -0.2) is 4.39 Å². The molecule has 1 N–H and O–H groups in total. The minimum Gasteiger partial charge on any atom is -0.326 e. The molecular weight excluding hydrogens is 297 g/mol. The van der Waals surface area contributed by atoms with E-state index >= 15 is 0 Å². The number of allylic oxidation sites excluding steroid dienone is 2. The van der Waals surface area contributed by atoms with Crippen molar-refractivity contribution < 1.29 is 9.18 Å². The Kier molecular flexibility index (Phi) is 2.88. The van der Waals surface area contributed by atoms with Crippen LogP contribution >= 0.6 is 0 Å². The molecule has 1 aromatic carbocycles. The number of carbonyl (C=O) groups is 1. The molecule has 1 unspecified atom stereocenters. The Morgan fingerprint density at radius 2 is 2.09 bits per heavy atom. The van der Waals surface area contributed by atoms with E-state index in [9.17, 15) is 9.18 Å². The Labute approximate surface area is 132 Å². The van der Waals surface area contributed by atoms with Gasteiger partial charge in [-0.3, -0.25) is 4.79 Å². The van der Waals surface area contributed by atoms with Crippen LogP contribution in [0.3, 0.4) is 0 Å². The number of rotatable bonds is 1. The Balaban J connectivity index is 1.94. The molecule has 0 amide bonds. The highest BCUT2D eigenvalue weighted by Crippen LogP contribution is 2.45. The van der Waals surface area contributed by atoms with Gasteiger partial charge < -0.3 is 5.32 Å². The van der Waals surface area contributed by atoms with Crippen molar-refractivity contribution in [2.45, 2.75) is 32.7 Å². The highest BCUT2D eigenvalue weighted by atomic mass is 19.1. The van der Waals surface area contributed by atoms with Crippen molar-refractivity contribution in [1.29, 1.82) is 0 Å². The summed E-state index contributed by atoms with van der Waals surface area (Å²) in [6.07, 6.45) is 1.13. The molecule has 0 radical (unpaired) electrons. The van der Waals surface area contributed by atoms with E-state index in [2.05, 4.69) is 20.8 Å². The van der Waals surface area contributed by atoms with E-state index in [4.69, 9.17) is 0 Å². The van der Waals surface area contributed by atoms with Crippen LogP contribution in [0.4, 0.5) is 10.3 Å². The van der Waals surface area contributed by atoms with Gasteiger partial charge in [-0.2, -0.15) is 4.68 Å². The van der Waals surface area contributed by atoms with Crippen molar-refractivity contribution in [2.75, 3.05) is 5.32 Å². The first-order valence-electron chi connectivity index (χ1n) is 7.52. The Hall–Kier alpha value is -2.57. The lowest BCUT2D eigenvalue weighted by Gasteiger charge is -2.37. The van der Waals surface area contributed by atoms with Crippen molar-refractivity contribution in [3.05, 3.63) is 46.9 Å². The highest BCUT2D eigenvalue weighted by molar-refractivity contribution is 6.00. The molecule has 7 heteroatoms. The average molecular weight is 313 g/mol. The van der Waals surface area contributed by atoms with Crippen molar-refractivity contribution in [3.63, 3.8) is 0 Å². The average Bonchev–Trinajstić information content (AvgIpc) is 2.92. The molecule has 2 aliphatic rings. The summed E-state index contributed by atoms with van der Waals surface area (Å²) in [5, 5.41) is 14.7. The number of fused-ring (bicyclic) bond motifs is 1. The summed E-state index contributed by atoms with van der Waals surface area (Å²) >= 11 is 0. The maximum absolute atomic E-state index is 14.4. The van der Waals surface area contributed by atoms with E-state index in [0.717, 1.165) is 5.70 Å². The van der Waals surface area contributed by atoms with E-state index in [1.807, 2.05) is 13.8 Å². The number of hydrogen-bond acceptors (Lipinski definition) is 5. The van der Waals surface area contributed by atoms with E-state index in [0.29, 0.717) is 29.9 Å². The molecule has 0 bridgehead atoms. The fourth-order valence-corrected chi connectivity index (χ4v) is 3.45. The summed E-state index contributed by atoms with van der Waals surface area (Å²) in [6.45, 7) is 4.10. The van der Waals surface area contributed by atoms with Crippen LogP contribution in [0.1, 0.15) is 38.3 Å². The number of ketones is 1. The standard InChI is InChI=1S/C16H16FN5O/c1-16(2)7-11-13(12(23)8-16)14(9-5-3-4-6-10(9)17)22-15(18-11)19-20-21-22/h3-6,14H,7-8H2,1-2H3,(H,18,19,21). The monoisotopic (exact) mass is 313 g/mol. The SMILES string of the molecule is CC1(C)CC(=O)C2=C(C1)Nc1nnnn1C2c1ccccc1F. The first kappa shape index (κ1) is 14.0. The predicted octanol–water partition coefficient (Wildman–Crippen LogP) is 2.47. The zero-order valence-corrected chi connectivity index (χ0v) is 12.9. The molecule has 1 aromatic heterocycles. The van der Waals surface area contributed by atoms with Crippen molar-refractivity contribution in [2.24, 2.45) is 5.41 Å². The van der Waals surface area contributed by atoms with Crippen LogP contribution in [-0.4, -0.2) is 26.0 Å². The first-order chi connectivity index (χ1) is 11.0. The predicted molar refractivity (Wildman–Crippen MR) is 81.0 cm³/mol. The lowest BCUT2D eigenvalue weighted by atomic mass is 9.73.